The van der Waals surface area contributed by atoms with Gasteiger partial charge in [-0.3, -0.25) is 0 Å². The summed E-state index contributed by atoms with van der Waals surface area (Å²) in [6.45, 7) is 7.36. The first-order valence-electron chi connectivity index (χ1n) is 7.87. The molecule has 0 aromatic heterocycles. The molecule has 4 heteroatoms. The van der Waals surface area contributed by atoms with E-state index in [9.17, 15) is 0 Å². The van der Waals surface area contributed by atoms with E-state index in [-0.39, 0.29) is 0 Å². The van der Waals surface area contributed by atoms with Crippen molar-refractivity contribution in [3.63, 3.8) is 0 Å². The zero-order valence-corrected chi connectivity index (χ0v) is 14.6. The highest BCUT2D eigenvalue weighted by Gasteiger charge is 2.20. The minimum atomic E-state index is 0.607. The smallest absolute Gasteiger partial charge is 0.123 e. The van der Waals surface area contributed by atoms with Crippen LogP contribution in [0.1, 0.15) is 38.7 Å². The molecule has 0 amide bonds. The normalized spacial score (nSPS) is 14.7. The molecule has 1 aromatic carbocycles. The summed E-state index contributed by atoms with van der Waals surface area (Å²) in [7, 11) is 0. The van der Waals surface area contributed by atoms with Crippen LogP contribution in [0.15, 0.2) is 22.7 Å². The molecule has 0 atom stereocenters. The Bertz CT molecular complexity index is 433. The lowest BCUT2D eigenvalue weighted by Crippen LogP contribution is -2.17. The predicted octanol–water partition coefficient (Wildman–Crippen LogP) is 4.14. The summed E-state index contributed by atoms with van der Waals surface area (Å²) < 4.78 is 12.5. The fraction of sp³-hybridized carbons (Fsp3) is 0.647. The summed E-state index contributed by atoms with van der Waals surface area (Å²) in [6, 6.07) is 6.89. The molecule has 0 radical (unpaired) electrons. The third-order valence-electron chi connectivity index (χ3n) is 3.51. The van der Waals surface area contributed by atoms with Crippen molar-refractivity contribution >= 4 is 15.9 Å². The maximum absolute atomic E-state index is 5.87. The van der Waals surface area contributed by atoms with Crippen LogP contribution in [-0.2, 0) is 11.3 Å². The molecule has 0 saturated heterocycles. The highest BCUT2D eigenvalue weighted by atomic mass is 79.9. The van der Waals surface area contributed by atoms with E-state index in [1.165, 1.54) is 18.4 Å². The van der Waals surface area contributed by atoms with Crippen LogP contribution >= 0.6 is 15.9 Å². The van der Waals surface area contributed by atoms with Gasteiger partial charge in [0.15, 0.2) is 0 Å². The van der Waals surface area contributed by atoms with Crippen LogP contribution in [0.5, 0.6) is 5.75 Å². The number of benzene rings is 1. The maximum Gasteiger partial charge on any atom is 0.123 e. The molecule has 3 nitrogen and oxygen atoms in total. The molecule has 1 N–H and O–H groups in total. The fourth-order valence-corrected chi connectivity index (χ4v) is 2.41. The minimum Gasteiger partial charge on any atom is -0.491 e. The summed E-state index contributed by atoms with van der Waals surface area (Å²) in [6.07, 6.45) is 3.70. The first-order chi connectivity index (χ1) is 10.1. The molecule has 1 saturated carbocycles. The van der Waals surface area contributed by atoms with Crippen LogP contribution in [0.25, 0.3) is 0 Å². The van der Waals surface area contributed by atoms with Crippen molar-refractivity contribution < 1.29 is 9.47 Å². The van der Waals surface area contributed by atoms with Gasteiger partial charge < -0.3 is 14.8 Å². The van der Waals surface area contributed by atoms with Crippen LogP contribution in [0.2, 0.25) is 0 Å². The van der Waals surface area contributed by atoms with Gasteiger partial charge in [0.05, 0.1) is 6.61 Å². The highest BCUT2D eigenvalue weighted by Crippen LogP contribution is 2.25. The van der Waals surface area contributed by atoms with Crippen LogP contribution < -0.4 is 10.1 Å². The van der Waals surface area contributed by atoms with E-state index >= 15 is 0 Å². The van der Waals surface area contributed by atoms with Crippen LogP contribution in [0.3, 0.4) is 0 Å². The van der Waals surface area contributed by atoms with Gasteiger partial charge in [0.25, 0.3) is 0 Å². The van der Waals surface area contributed by atoms with Gasteiger partial charge in [-0.2, -0.15) is 0 Å². The van der Waals surface area contributed by atoms with E-state index in [1.807, 2.05) is 12.1 Å². The van der Waals surface area contributed by atoms with Crippen molar-refractivity contribution in [2.75, 3.05) is 19.8 Å². The quantitative estimate of drug-likeness (QED) is 0.639. The van der Waals surface area contributed by atoms with E-state index in [0.717, 1.165) is 29.8 Å². The minimum absolute atomic E-state index is 0.607. The lowest BCUT2D eigenvalue weighted by atomic mass is 10.1. The van der Waals surface area contributed by atoms with Crippen LogP contribution in [0.4, 0.5) is 0 Å². The zero-order chi connectivity index (χ0) is 15.1. The summed E-state index contributed by atoms with van der Waals surface area (Å²) in [5.41, 5.74) is 1.21. The second kappa shape index (κ2) is 8.76. The van der Waals surface area contributed by atoms with Crippen molar-refractivity contribution in [1.29, 1.82) is 0 Å². The molecule has 0 unspecified atom stereocenters. The van der Waals surface area contributed by atoms with Gasteiger partial charge in [-0.1, -0.05) is 29.8 Å². The van der Waals surface area contributed by atoms with Gasteiger partial charge in [-0.25, -0.2) is 0 Å². The monoisotopic (exact) mass is 355 g/mol. The van der Waals surface area contributed by atoms with Gasteiger partial charge in [-0.05, 0) is 43.4 Å². The average molecular weight is 356 g/mol. The topological polar surface area (TPSA) is 30.5 Å². The Morgan fingerprint density at radius 1 is 1.24 bits per heavy atom. The number of ether oxygens (including phenoxy) is 2. The zero-order valence-electron chi connectivity index (χ0n) is 13.0. The van der Waals surface area contributed by atoms with E-state index < -0.39 is 0 Å². The summed E-state index contributed by atoms with van der Waals surface area (Å²) in [5, 5.41) is 3.53. The van der Waals surface area contributed by atoms with Gasteiger partial charge >= 0.3 is 0 Å². The summed E-state index contributed by atoms with van der Waals surface area (Å²) >= 11 is 3.53. The first kappa shape index (κ1) is 16.8. The Kier molecular flexibility index (Phi) is 7.00. The number of hydrogen-bond donors (Lipinski definition) is 1. The van der Waals surface area contributed by atoms with Gasteiger partial charge in [0, 0.05) is 29.2 Å². The van der Waals surface area contributed by atoms with Crippen molar-refractivity contribution in [2.24, 2.45) is 5.92 Å². The fourth-order valence-electron chi connectivity index (χ4n) is 2.00. The highest BCUT2D eigenvalue weighted by molar-refractivity contribution is 9.10. The van der Waals surface area contributed by atoms with E-state index in [4.69, 9.17) is 9.47 Å². The number of halogens is 1. The second-order valence-electron chi connectivity index (χ2n) is 6.05. The van der Waals surface area contributed by atoms with Crippen molar-refractivity contribution in [3.8, 4) is 5.75 Å². The average Bonchev–Trinajstić information content (AvgIpc) is 3.26. The number of hydrogen-bond acceptors (Lipinski definition) is 3. The SMILES string of the molecule is CC(C)CCOCCOc1ccc(Br)cc1CNC1CC1. The lowest BCUT2D eigenvalue weighted by molar-refractivity contribution is 0.0922. The number of nitrogens with one attached hydrogen (secondary N) is 1. The largest absolute Gasteiger partial charge is 0.491 e. The van der Waals surface area contributed by atoms with Gasteiger partial charge in [0.1, 0.15) is 12.4 Å². The Labute approximate surface area is 136 Å². The Morgan fingerprint density at radius 2 is 2.05 bits per heavy atom. The lowest BCUT2D eigenvalue weighted by Gasteiger charge is -2.13. The van der Waals surface area contributed by atoms with Crippen LogP contribution in [-0.4, -0.2) is 25.9 Å². The molecule has 118 valence electrons. The molecule has 21 heavy (non-hydrogen) atoms. The van der Waals surface area contributed by atoms with E-state index in [0.29, 0.717) is 25.2 Å². The van der Waals surface area contributed by atoms with Crippen molar-refractivity contribution in [1.82, 2.24) is 5.32 Å². The van der Waals surface area contributed by atoms with Crippen LogP contribution in [0, 0.1) is 5.92 Å². The third kappa shape index (κ3) is 6.81. The molecule has 1 aromatic rings. The summed E-state index contributed by atoms with van der Waals surface area (Å²) in [5.74, 6) is 1.65. The van der Waals surface area contributed by atoms with Gasteiger partial charge in [-0.15, -0.1) is 0 Å². The number of rotatable bonds is 10. The van der Waals surface area contributed by atoms with Crippen molar-refractivity contribution in [2.45, 2.75) is 45.7 Å². The maximum atomic E-state index is 5.87. The molecule has 1 aliphatic carbocycles. The molecular weight excluding hydrogens is 330 g/mol. The third-order valence-corrected chi connectivity index (χ3v) is 4.00. The first-order valence-corrected chi connectivity index (χ1v) is 8.67. The van der Waals surface area contributed by atoms with E-state index in [1.54, 1.807) is 0 Å². The molecular formula is C17H26BrNO2. The molecule has 0 bridgehead atoms. The molecule has 2 rings (SSSR count). The second-order valence-corrected chi connectivity index (χ2v) is 6.97. The molecule has 1 fully saturated rings. The standard InChI is InChI=1S/C17H26BrNO2/c1-13(2)7-8-20-9-10-21-17-6-3-15(18)11-14(17)12-19-16-4-5-16/h3,6,11,13,16,19H,4-5,7-10,12H2,1-2H3. The Hall–Kier alpha value is -0.580. The molecule has 0 aliphatic heterocycles. The van der Waals surface area contributed by atoms with E-state index in [2.05, 4.69) is 41.2 Å². The Balaban J connectivity index is 1.73. The molecule has 0 spiro atoms. The predicted molar refractivity (Wildman–Crippen MR) is 89.8 cm³/mol. The summed E-state index contributed by atoms with van der Waals surface area (Å²) in [4.78, 5) is 0. The molecule has 0 heterocycles. The molecule has 1 aliphatic rings. The Morgan fingerprint density at radius 3 is 2.76 bits per heavy atom. The van der Waals surface area contributed by atoms with Gasteiger partial charge in [0.2, 0.25) is 0 Å². The van der Waals surface area contributed by atoms with Crippen molar-refractivity contribution in [3.05, 3.63) is 28.2 Å².